The van der Waals surface area contributed by atoms with Crippen LogP contribution in [0.1, 0.15) is 37.5 Å². The monoisotopic (exact) mass is 743 g/mol. The summed E-state index contributed by atoms with van der Waals surface area (Å²) in [5.74, 6) is 0. The fourth-order valence-electron chi connectivity index (χ4n) is 8.20. The number of hydrogen-bond acceptors (Lipinski definition) is 4. The van der Waals surface area contributed by atoms with Crippen molar-refractivity contribution in [3.05, 3.63) is 144 Å². The molecule has 242 valence electrons. The minimum Gasteiger partial charge on any atom is -0.306 e. The standard InChI is InChI=1S/C42H36NP3S3/c1-4-28-22-34-40-35(23-28)45(48,32-18-12-8-13-19-32)37-25-30(6-3)27-39-42(37)43(40)41-36(44(34,47)31-16-10-7-11-17-31)24-29(5-2)26-38(41)46(39,49)33-20-14-9-15-21-33/h7-27H,4-6H2,1-3H3. The van der Waals surface area contributed by atoms with Crippen molar-refractivity contribution in [3.63, 3.8) is 0 Å². The van der Waals surface area contributed by atoms with Gasteiger partial charge < -0.3 is 4.90 Å². The van der Waals surface area contributed by atoms with Crippen LogP contribution >= 0.6 is 18.1 Å². The van der Waals surface area contributed by atoms with Crippen LogP contribution in [0.2, 0.25) is 0 Å². The molecule has 3 aliphatic rings. The molecule has 3 heterocycles. The molecule has 6 aromatic carbocycles. The zero-order valence-electron chi connectivity index (χ0n) is 27.8. The van der Waals surface area contributed by atoms with E-state index in [1.807, 2.05) is 0 Å². The first-order chi connectivity index (χ1) is 23.8. The molecule has 0 saturated carbocycles. The normalized spacial score (nSPS) is 22.5. The Balaban J connectivity index is 1.57. The highest BCUT2D eigenvalue weighted by molar-refractivity contribution is 8.28. The maximum absolute atomic E-state index is 7.27. The SMILES string of the molecule is CCc1cc2c3c(c1)P(=S)(c1ccccc1)c1cc(CC)cc4c1N3c1c(cc(CC)cc1P4(=S)c1ccccc1)P2(=S)c1ccccc1. The van der Waals surface area contributed by atoms with Crippen molar-refractivity contribution in [2.24, 2.45) is 0 Å². The third-order valence-corrected chi connectivity index (χ3v) is 25.3. The molecule has 0 aliphatic carbocycles. The molecule has 0 aromatic heterocycles. The van der Waals surface area contributed by atoms with E-state index in [1.165, 1.54) is 81.5 Å². The number of benzene rings is 6. The van der Waals surface area contributed by atoms with Gasteiger partial charge in [0, 0.05) is 49.9 Å². The molecule has 49 heavy (non-hydrogen) atoms. The van der Waals surface area contributed by atoms with Crippen molar-refractivity contribution in [3.8, 4) is 0 Å². The first-order valence-electron chi connectivity index (χ1n) is 17.1. The minimum absolute atomic E-state index is 0.920. The molecule has 3 aliphatic heterocycles. The largest absolute Gasteiger partial charge is 0.306 e. The Bertz CT molecular complexity index is 2130. The number of rotatable bonds is 6. The maximum atomic E-state index is 7.27. The molecule has 0 saturated heterocycles. The highest BCUT2D eigenvalue weighted by Crippen LogP contribution is 2.65. The van der Waals surface area contributed by atoms with E-state index in [1.54, 1.807) is 0 Å². The topological polar surface area (TPSA) is 3.24 Å². The number of hydrogen-bond donors (Lipinski definition) is 0. The quantitative estimate of drug-likeness (QED) is 0.168. The van der Waals surface area contributed by atoms with Crippen molar-refractivity contribution >= 4 is 118 Å². The second-order valence-corrected chi connectivity index (χ2v) is 26.2. The number of nitrogens with zero attached hydrogens (tertiary/aromatic N) is 1. The predicted octanol–water partition coefficient (Wildman–Crippen LogP) is 7.05. The van der Waals surface area contributed by atoms with Gasteiger partial charge in [-0.05, 0) is 88.3 Å². The summed E-state index contributed by atoms with van der Waals surface area (Å²) in [6.45, 7) is 6.78. The highest BCUT2D eigenvalue weighted by Gasteiger charge is 2.52. The van der Waals surface area contributed by atoms with Crippen LogP contribution in [0, 0.1) is 0 Å². The Kier molecular flexibility index (Phi) is 7.54. The molecule has 0 N–H and O–H groups in total. The van der Waals surface area contributed by atoms with Gasteiger partial charge in [0.05, 0.1) is 17.1 Å². The Labute approximate surface area is 305 Å². The molecule has 0 atom stereocenters. The Hall–Kier alpha value is -2.93. The van der Waals surface area contributed by atoms with Gasteiger partial charge >= 0.3 is 0 Å². The van der Waals surface area contributed by atoms with Crippen molar-refractivity contribution in [2.75, 3.05) is 4.90 Å². The van der Waals surface area contributed by atoms with E-state index in [0.717, 1.165) is 19.3 Å². The van der Waals surface area contributed by atoms with Crippen LogP contribution in [-0.2, 0) is 54.7 Å². The molecule has 0 spiro atoms. The molecule has 0 fully saturated rings. The number of aryl methyl sites for hydroxylation is 3. The summed E-state index contributed by atoms with van der Waals surface area (Å²) < 4.78 is 0. The van der Waals surface area contributed by atoms with E-state index in [0.29, 0.717) is 0 Å². The van der Waals surface area contributed by atoms with Gasteiger partial charge in [-0.25, -0.2) is 0 Å². The summed E-state index contributed by atoms with van der Waals surface area (Å²) in [6.07, 6.45) is 2.76. The third-order valence-electron chi connectivity index (χ3n) is 10.7. The van der Waals surface area contributed by atoms with E-state index in [4.69, 9.17) is 35.4 Å². The summed E-state index contributed by atoms with van der Waals surface area (Å²) in [7, 11) is 0. The third kappa shape index (κ3) is 4.20. The van der Waals surface area contributed by atoms with Crippen LogP contribution in [0.25, 0.3) is 0 Å². The molecule has 0 unspecified atom stereocenters. The smallest absolute Gasteiger partial charge is 0.0644 e. The Morgan fingerprint density at radius 1 is 0.388 bits per heavy atom. The van der Waals surface area contributed by atoms with Crippen LogP contribution in [0.4, 0.5) is 17.1 Å². The second kappa shape index (κ2) is 11.5. The van der Waals surface area contributed by atoms with Gasteiger partial charge in [-0.2, -0.15) is 0 Å². The lowest BCUT2D eigenvalue weighted by Crippen LogP contribution is -2.53. The molecular weight excluding hydrogens is 708 g/mol. The van der Waals surface area contributed by atoms with Crippen molar-refractivity contribution in [1.82, 2.24) is 0 Å². The Morgan fingerprint density at radius 3 is 0.816 bits per heavy atom. The molecule has 1 nitrogen and oxygen atoms in total. The lowest BCUT2D eigenvalue weighted by molar-refractivity contribution is 1.13. The minimum atomic E-state index is -2.56. The van der Waals surface area contributed by atoms with Gasteiger partial charge in [-0.3, -0.25) is 0 Å². The zero-order chi connectivity index (χ0) is 33.7. The maximum Gasteiger partial charge on any atom is 0.0644 e. The van der Waals surface area contributed by atoms with Gasteiger partial charge in [-0.1, -0.05) is 147 Å². The molecule has 0 bridgehead atoms. The van der Waals surface area contributed by atoms with Gasteiger partial charge in [0.1, 0.15) is 0 Å². The average molecular weight is 744 g/mol. The lowest BCUT2D eigenvalue weighted by atomic mass is 10.1. The van der Waals surface area contributed by atoms with Crippen LogP contribution in [-0.4, -0.2) is 0 Å². The zero-order valence-corrected chi connectivity index (χ0v) is 32.9. The molecular formula is C42H36NP3S3. The second-order valence-electron chi connectivity index (χ2n) is 13.2. The van der Waals surface area contributed by atoms with Crippen molar-refractivity contribution < 1.29 is 0 Å². The highest BCUT2D eigenvalue weighted by atomic mass is 32.4. The van der Waals surface area contributed by atoms with Crippen molar-refractivity contribution in [2.45, 2.75) is 40.0 Å². The molecule has 9 rings (SSSR count). The summed E-state index contributed by atoms with van der Waals surface area (Å²) in [5.41, 5.74) is 7.63. The molecule has 7 heteroatoms. The molecule has 0 amide bonds. The van der Waals surface area contributed by atoms with Gasteiger partial charge in [-0.15, -0.1) is 0 Å². The summed E-state index contributed by atoms with van der Waals surface area (Å²) >= 11 is 21.8. The fraction of sp³-hybridized carbons (Fsp3) is 0.143. The van der Waals surface area contributed by atoms with Crippen LogP contribution in [0.15, 0.2) is 127 Å². The summed E-state index contributed by atoms with van der Waals surface area (Å²) in [6, 6.07) is 39.9. The molecule has 6 aromatic rings. The van der Waals surface area contributed by atoms with Crippen LogP contribution in [0.5, 0.6) is 0 Å². The average Bonchev–Trinajstić information content (AvgIpc) is 3.17. The molecule has 0 radical (unpaired) electrons. The summed E-state index contributed by atoms with van der Waals surface area (Å²) in [4.78, 5) is 2.62. The first kappa shape index (κ1) is 32.0. The van der Waals surface area contributed by atoms with Gasteiger partial charge in [0.25, 0.3) is 0 Å². The van der Waals surface area contributed by atoms with Gasteiger partial charge in [0.2, 0.25) is 0 Å². The van der Waals surface area contributed by atoms with E-state index in [2.05, 4.69) is 153 Å². The number of anilines is 3. The predicted molar refractivity (Wildman–Crippen MR) is 228 cm³/mol. The lowest BCUT2D eigenvalue weighted by Gasteiger charge is -2.52. The van der Waals surface area contributed by atoms with E-state index in [-0.39, 0.29) is 0 Å². The van der Waals surface area contributed by atoms with Crippen LogP contribution in [0.3, 0.4) is 0 Å². The Morgan fingerprint density at radius 2 is 0.612 bits per heavy atom. The first-order valence-corrected chi connectivity index (χ1v) is 25.5. The summed E-state index contributed by atoms with van der Waals surface area (Å²) in [5, 5.41) is 11.4. The van der Waals surface area contributed by atoms with E-state index in [9.17, 15) is 0 Å². The van der Waals surface area contributed by atoms with E-state index < -0.39 is 18.1 Å². The van der Waals surface area contributed by atoms with Gasteiger partial charge in [0.15, 0.2) is 0 Å². The van der Waals surface area contributed by atoms with E-state index >= 15 is 0 Å². The fourth-order valence-corrected chi connectivity index (χ4v) is 21.5. The van der Waals surface area contributed by atoms with Crippen molar-refractivity contribution in [1.29, 1.82) is 0 Å². The van der Waals surface area contributed by atoms with Crippen LogP contribution < -0.4 is 52.6 Å².